The molecule has 0 rings (SSSR count). The third kappa shape index (κ3) is 5.22. The van der Waals surface area contributed by atoms with Gasteiger partial charge in [-0.05, 0) is 0 Å². The quantitative estimate of drug-likeness (QED) is 0.611. The van der Waals surface area contributed by atoms with Crippen molar-refractivity contribution >= 4 is 19.8 Å². The summed E-state index contributed by atoms with van der Waals surface area (Å²) in [4.78, 5) is 2.43. The monoisotopic (exact) mass is 201 g/mol. The van der Waals surface area contributed by atoms with E-state index in [0.29, 0.717) is 4.25 Å². The summed E-state index contributed by atoms with van der Waals surface area (Å²) in [6.45, 7) is 10.9. The van der Waals surface area contributed by atoms with Crippen LogP contribution in [-0.2, 0) is 0 Å². The van der Waals surface area contributed by atoms with Gasteiger partial charge in [0, 0.05) is 0 Å². The predicted octanol–water partition coefficient (Wildman–Crippen LogP) is 2.45. The zero-order valence-electron chi connectivity index (χ0n) is 7.48. The van der Waals surface area contributed by atoms with Crippen molar-refractivity contribution < 1.29 is 0 Å². The van der Waals surface area contributed by atoms with E-state index in [1.165, 1.54) is 12.8 Å². The van der Waals surface area contributed by atoms with Crippen LogP contribution in [0, 0.1) is 6.92 Å². The van der Waals surface area contributed by atoms with E-state index in [4.69, 9.17) is 0 Å². The zero-order valence-corrected chi connectivity index (χ0v) is 9.91. The van der Waals surface area contributed by atoms with E-state index in [2.05, 4.69) is 32.5 Å². The average Bonchev–Trinajstić information content (AvgIpc) is 1.84. The van der Waals surface area contributed by atoms with Crippen LogP contribution in [0.15, 0.2) is 0 Å². The van der Waals surface area contributed by atoms with Crippen LogP contribution < -0.4 is 0 Å². The van der Waals surface area contributed by atoms with Crippen molar-refractivity contribution in [3.63, 3.8) is 0 Å². The van der Waals surface area contributed by atoms with Crippen LogP contribution in [0.3, 0.4) is 0 Å². The summed E-state index contributed by atoms with van der Waals surface area (Å²) >= 11 is -0.106. The summed E-state index contributed by atoms with van der Waals surface area (Å²) in [5.74, 6) is 0. The maximum atomic E-state index is 3.83. The van der Waals surface area contributed by atoms with Crippen LogP contribution >= 0.6 is 0 Å². The fourth-order valence-electron chi connectivity index (χ4n) is 1.13. The molecule has 1 radical (unpaired) electrons. The molecule has 0 spiro atoms. The molecule has 10 heavy (non-hydrogen) atoms. The summed E-state index contributed by atoms with van der Waals surface area (Å²) in [5.41, 5.74) is 0. The molecule has 0 unspecified atom stereocenters. The second-order valence-corrected chi connectivity index (χ2v) is 8.40. The van der Waals surface area contributed by atoms with Gasteiger partial charge in [0.05, 0.1) is 0 Å². The Bertz CT molecular complexity index is 103. The first kappa shape index (κ1) is 10.4. The van der Waals surface area contributed by atoms with E-state index >= 15 is 0 Å². The van der Waals surface area contributed by atoms with E-state index in [9.17, 15) is 0 Å². The molecule has 1 heteroatoms. The van der Waals surface area contributed by atoms with Crippen molar-refractivity contribution in [1.29, 1.82) is 0 Å². The zero-order chi connectivity index (χ0) is 8.04. The van der Waals surface area contributed by atoms with E-state index in [1.54, 1.807) is 0 Å². The van der Waals surface area contributed by atoms with Crippen molar-refractivity contribution in [3.05, 3.63) is 6.92 Å². The molecule has 0 saturated heterocycles. The fraction of sp³-hybridized carbons (Fsp3) is 0.778. The molecule has 0 aromatic rings. The molecule has 0 heterocycles. The Hall–Kier alpha value is 0.413. The molecule has 59 valence electrons. The van der Waals surface area contributed by atoms with Crippen molar-refractivity contribution in [2.75, 3.05) is 0 Å². The van der Waals surface area contributed by atoms with E-state index in [0.717, 1.165) is 6.42 Å². The van der Waals surface area contributed by atoms with Gasteiger partial charge in [-0.3, -0.25) is 0 Å². The molecule has 0 N–H and O–H groups in total. The number of hydrogen-bond acceptors (Lipinski definition) is 0. The van der Waals surface area contributed by atoms with Crippen molar-refractivity contribution in [3.8, 4) is 0 Å². The molecule has 0 fully saturated rings. The first-order chi connectivity index (χ1) is 4.62. The van der Waals surface area contributed by atoms with Gasteiger partial charge in [-0.1, -0.05) is 0 Å². The van der Waals surface area contributed by atoms with E-state index in [1.807, 2.05) is 0 Å². The van der Waals surface area contributed by atoms with Gasteiger partial charge in [0.2, 0.25) is 0 Å². The topological polar surface area (TPSA) is 0 Å². The summed E-state index contributed by atoms with van der Waals surface area (Å²) in [7, 11) is 0. The first-order valence-corrected chi connectivity index (χ1v) is 6.70. The molecule has 0 amide bonds. The van der Waals surface area contributed by atoms with Crippen LogP contribution in [0.2, 0.25) is 4.25 Å². The predicted molar refractivity (Wildman–Crippen MR) is 52.1 cm³/mol. The molecule has 0 aliphatic carbocycles. The Balaban J connectivity index is 3.73. The molecule has 0 bridgehead atoms. The summed E-state index contributed by atoms with van der Waals surface area (Å²) in [6.07, 6.45) is 3.76. The molecule has 0 aliphatic rings. The van der Waals surface area contributed by atoms with Gasteiger partial charge in [-0.25, -0.2) is 0 Å². The Kier molecular flexibility index (Phi) is 5.33. The van der Waals surface area contributed by atoms with Crippen LogP contribution in [0.4, 0.5) is 0 Å². The third-order valence-corrected chi connectivity index (χ3v) is 5.32. The van der Waals surface area contributed by atoms with Crippen LogP contribution in [0.5, 0.6) is 0 Å². The Morgan fingerprint density at radius 3 is 2.50 bits per heavy atom. The summed E-state index contributed by atoms with van der Waals surface area (Å²) in [5, 5.41) is 0. The second kappa shape index (κ2) is 5.11. The van der Waals surface area contributed by atoms with E-state index < -0.39 is 0 Å². The van der Waals surface area contributed by atoms with Gasteiger partial charge in [0.1, 0.15) is 0 Å². The van der Waals surface area contributed by atoms with Crippen molar-refractivity contribution in [2.24, 2.45) is 0 Å². The van der Waals surface area contributed by atoms with Gasteiger partial charge in [0.15, 0.2) is 0 Å². The molecule has 0 saturated carbocycles. The van der Waals surface area contributed by atoms with Crippen LogP contribution in [-0.4, -0.2) is 19.8 Å². The number of hydrogen-bond donors (Lipinski definition) is 0. The molecular formula is C9H19Ge. The van der Waals surface area contributed by atoms with Gasteiger partial charge < -0.3 is 0 Å². The molecule has 0 atom stereocenters. The first-order valence-electron chi connectivity index (χ1n) is 4.09. The Labute approximate surface area is 71.4 Å². The molecule has 0 aromatic carbocycles. The van der Waals surface area contributed by atoms with Gasteiger partial charge >= 0.3 is 71.0 Å². The standard InChI is InChI=1S/C9H19Ge/c1-5-7-9(3,4)10-8-6-2/h8,10H,2,5-7H2,1,3-4H3. The molecule has 0 nitrogen and oxygen atoms in total. The van der Waals surface area contributed by atoms with Crippen molar-refractivity contribution in [2.45, 2.75) is 44.3 Å². The van der Waals surface area contributed by atoms with Crippen LogP contribution in [0.25, 0.3) is 0 Å². The Morgan fingerprint density at radius 1 is 1.50 bits per heavy atom. The molecule has 0 aromatic heterocycles. The van der Waals surface area contributed by atoms with Crippen LogP contribution in [0.1, 0.15) is 40.0 Å². The fourth-order valence-corrected chi connectivity index (χ4v) is 3.77. The molecular weight excluding hydrogens is 181 g/mol. The maximum absolute atomic E-state index is 3.83. The SMILES string of the molecule is [CH2]C[CH]=[GeH][C](C)(C)CCC. The minimum atomic E-state index is -0.106. The third-order valence-electron chi connectivity index (χ3n) is 1.63. The van der Waals surface area contributed by atoms with Gasteiger partial charge in [-0.15, -0.1) is 0 Å². The van der Waals surface area contributed by atoms with Gasteiger partial charge in [0.25, 0.3) is 0 Å². The average molecular weight is 200 g/mol. The molecule has 0 aliphatic heterocycles. The normalized spacial score (nSPS) is 12.8. The number of rotatable bonds is 4. The Morgan fingerprint density at radius 2 is 2.10 bits per heavy atom. The van der Waals surface area contributed by atoms with E-state index in [-0.39, 0.29) is 15.0 Å². The second-order valence-electron chi connectivity index (χ2n) is 3.43. The van der Waals surface area contributed by atoms with Crippen molar-refractivity contribution in [1.82, 2.24) is 0 Å². The minimum absolute atomic E-state index is 0.106. The summed E-state index contributed by atoms with van der Waals surface area (Å²) in [6, 6.07) is 0. The van der Waals surface area contributed by atoms with Gasteiger partial charge in [-0.2, -0.15) is 0 Å². The summed E-state index contributed by atoms with van der Waals surface area (Å²) < 4.78 is 0.663.